The van der Waals surface area contributed by atoms with Crippen molar-refractivity contribution in [3.8, 4) is 0 Å². The maximum Gasteiger partial charge on any atom is 0.269 e. The summed E-state index contributed by atoms with van der Waals surface area (Å²) < 4.78 is 0. The van der Waals surface area contributed by atoms with Gasteiger partial charge in [-0.3, -0.25) is 15.0 Å². The van der Waals surface area contributed by atoms with Crippen LogP contribution in [0.1, 0.15) is 24.8 Å². The molecule has 0 aliphatic carbocycles. The molecule has 1 spiro atoms. The Bertz CT molecular complexity index is 544. The monoisotopic (exact) mass is 309 g/mol. The third-order valence-electron chi connectivity index (χ3n) is 4.82. The quantitative estimate of drug-likeness (QED) is 0.689. The summed E-state index contributed by atoms with van der Waals surface area (Å²) in [5, 5.41) is 14.9. The predicted octanol–water partition coefficient (Wildman–Crippen LogP) is 2.82. The number of hydrogen-bond acceptors (Lipinski definition) is 4. The highest BCUT2D eigenvalue weighted by molar-refractivity contribution is 6.31. The highest BCUT2D eigenvalue weighted by Gasteiger charge is 2.38. The van der Waals surface area contributed by atoms with Gasteiger partial charge in [0, 0.05) is 30.2 Å². The number of nitrogens with zero attached hydrogens (tertiary/aromatic N) is 2. The number of benzene rings is 1. The van der Waals surface area contributed by atoms with Crippen molar-refractivity contribution in [3.05, 3.63) is 38.9 Å². The van der Waals surface area contributed by atoms with E-state index in [1.54, 1.807) is 12.1 Å². The fraction of sp³-hybridized carbons (Fsp3) is 0.600. The lowest BCUT2D eigenvalue weighted by Gasteiger charge is -2.34. The van der Waals surface area contributed by atoms with E-state index >= 15 is 0 Å². The van der Waals surface area contributed by atoms with Crippen molar-refractivity contribution < 1.29 is 4.92 Å². The average molecular weight is 310 g/mol. The van der Waals surface area contributed by atoms with E-state index in [0.29, 0.717) is 17.0 Å². The Morgan fingerprint density at radius 1 is 1.33 bits per heavy atom. The summed E-state index contributed by atoms with van der Waals surface area (Å²) in [6, 6.07) is 4.70. The molecule has 3 rings (SSSR count). The highest BCUT2D eigenvalue weighted by Crippen LogP contribution is 2.39. The van der Waals surface area contributed by atoms with Crippen molar-refractivity contribution in [2.45, 2.75) is 25.8 Å². The predicted molar refractivity (Wildman–Crippen MR) is 82.5 cm³/mol. The van der Waals surface area contributed by atoms with Gasteiger partial charge in [-0.2, -0.15) is 0 Å². The molecular weight excluding hydrogens is 290 g/mol. The summed E-state index contributed by atoms with van der Waals surface area (Å²) in [4.78, 5) is 12.9. The first-order valence-corrected chi connectivity index (χ1v) is 7.82. The molecule has 2 heterocycles. The lowest BCUT2D eigenvalue weighted by Crippen LogP contribution is -2.38. The first-order chi connectivity index (χ1) is 10.1. The molecule has 0 unspecified atom stereocenters. The second-order valence-corrected chi connectivity index (χ2v) is 6.65. The Morgan fingerprint density at radius 3 is 2.81 bits per heavy atom. The normalized spacial score (nSPS) is 21.8. The number of nitrogens with one attached hydrogen (secondary N) is 1. The molecule has 0 aromatic heterocycles. The van der Waals surface area contributed by atoms with Crippen LogP contribution in [0.5, 0.6) is 0 Å². The Morgan fingerprint density at radius 2 is 2.10 bits per heavy atom. The minimum Gasteiger partial charge on any atom is -0.317 e. The summed E-state index contributed by atoms with van der Waals surface area (Å²) in [5.41, 5.74) is 1.42. The van der Waals surface area contributed by atoms with E-state index in [4.69, 9.17) is 11.6 Å². The van der Waals surface area contributed by atoms with Crippen molar-refractivity contribution in [2.75, 3.05) is 26.2 Å². The number of nitro benzene ring substituents is 1. The van der Waals surface area contributed by atoms with Crippen LogP contribution in [0.25, 0.3) is 0 Å². The second-order valence-electron chi connectivity index (χ2n) is 6.24. The van der Waals surface area contributed by atoms with E-state index in [9.17, 15) is 10.1 Å². The number of hydrogen-bond donors (Lipinski definition) is 1. The Kier molecular flexibility index (Phi) is 4.15. The SMILES string of the molecule is O=[N+]([O-])c1ccc(Cl)c(CN2CCC3(CCNCC3)C2)c1. The molecule has 2 fully saturated rings. The standard InChI is InChI=1S/C15H20ClN3O2/c16-14-2-1-13(19(20)21)9-12(14)10-18-8-5-15(11-18)3-6-17-7-4-15/h1-2,9,17H,3-8,10-11H2. The summed E-state index contributed by atoms with van der Waals surface area (Å²) >= 11 is 6.20. The van der Waals surface area contributed by atoms with Crippen LogP contribution < -0.4 is 5.32 Å². The van der Waals surface area contributed by atoms with Gasteiger partial charge < -0.3 is 5.32 Å². The van der Waals surface area contributed by atoms with Crippen LogP contribution in [-0.2, 0) is 6.54 Å². The molecule has 0 bridgehead atoms. The molecule has 1 N–H and O–H groups in total. The number of piperidine rings is 1. The molecule has 5 nitrogen and oxygen atoms in total. The van der Waals surface area contributed by atoms with E-state index in [2.05, 4.69) is 10.2 Å². The molecule has 0 amide bonds. The van der Waals surface area contributed by atoms with E-state index in [0.717, 1.165) is 31.7 Å². The fourth-order valence-corrected chi connectivity index (χ4v) is 3.74. The minimum atomic E-state index is -0.363. The van der Waals surface area contributed by atoms with Gasteiger partial charge >= 0.3 is 0 Å². The Balaban J connectivity index is 1.70. The Labute approximate surface area is 129 Å². The maximum atomic E-state index is 10.9. The van der Waals surface area contributed by atoms with E-state index in [1.165, 1.54) is 25.3 Å². The molecule has 0 saturated carbocycles. The largest absolute Gasteiger partial charge is 0.317 e. The average Bonchev–Trinajstić information content (AvgIpc) is 2.84. The molecular formula is C15H20ClN3O2. The van der Waals surface area contributed by atoms with Crippen LogP contribution >= 0.6 is 11.6 Å². The highest BCUT2D eigenvalue weighted by atomic mass is 35.5. The first kappa shape index (κ1) is 14.8. The lowest BCUT2D eigenvalue weighted by molar-refractivity contribution is -0.384. The lowest BCUT2D eigenvalue weighted by atomic mass is 9.78. The van der Waals surface area contributed by atoms with Gasteiger partial charge in [0.15, 0.2) is 0 Å². The van der Waals surface area contributed by atoms with Crippen LogP contribution in [0.3, 0.4) is 0 Å². The minimum absolute atomic E-state index is 0.116. The van der Waals surface area contributed by atoms with Crippen molar-refractivity contribution >= 4 is 17.3 Å². The molecule has 2 aliphatic heterocycles. The molecule has 21 heavy (non-hydrogen) atoms. The van der Waals surface area contributed by atoms with Crippen LogP contribution in [0, 0.1) is 15.5 Å². The van der Waals surface area contributed by atoms with Crippen LogP contribution in [-0.4, -0.2) is 36.0 Å². The summed E-state index contributed by atoms with van der Waals surface area (Å²) in [5.74, 6) is 0. The van der Waals surface area contributed by atoms with E-state index < -0.39 is 0 Å². The van der Waals surface area contributed by atoms with Gasteiger partial charge in [0.1, 0.15) is 0 Å². The molecule has 1 aromatic carbocycles. The van der Waals surface area contributed by atoms with Crippen molar-refractivity contribution in [1.29, 1.82) is 0 Å². The fourth-order valence-electron chi connectivity index (χ4n) is 3.56. The van der Waals surface area contributed by atoms with Crippen molar-refractivity contribution in [3.63, 3.8) is 0 Å². The summed E-state index contributed by atoms with van der Waals surface area (Å²) in [6.45, 7) is 5.04. The number of likely N-dealkylation sites (tertiary alicyclic amines) is 1. The van der Waals surface area contributed by atoms with Gasteiger partial charge in [0.2, 0.25) is 0 Å². The zero-order valence-corrected chi connectivity index (χ0v) is 12.7. The first-order valence-electron chi connectivity index (χ1n) is 7.44. The number of nitro groups is 1. The molecule has 1 aromatic rings. The van der Waals surface area contributed by atoms with E-state index in [1.807, 2.05) is 0 Å². The zero-order valence-electron chi connectivity index (χ0n) is 12.0. The number of halogens is 1. The molecule has 6 heteroatoms. The summed E-state index contributed by atoms with van der Waals surface area (Å²) in [7, 11) is 0. The summed E-state index contributed by atoms with van der Waals surface area (Å²) in [6.07, 6.45) is 3.68. The number of non-ortho nitro benzene ring substituents is 1. The van der Waals surface area contributed by atoms with Gasteiger partial charge in [-0.05, 0) is 55.9 Å². The molecule has 0 atom stereocenters. The third-order valence-corrected chi connectivity index (χ3v) is 5.18. The van der Waals surface area contributed by atoms with Gasteiger partial charge in [-0.25, -0.2) is 0 Å². The maximum absolute atomic E-state index is 10.9. The van der Waals surface area contributed by atoms with Crippen LogP contribution in [0.4, 0.5) is 5.69 Å². The van der Waals surface area contributed by atoms with Crippen LogP contribution in [0.2, 0.25) is 5.02 Å². The van der Waals surface area contributed by atoms with Crippen molar-refractivity contribution in [1.82, 2.24) is 10.2 Å². The third kappa shape index (κ3) is 3.20. The molecule has 0 radical (unpaired) electrons. The number of rotatable bonds is 3. The topological polar surface area (TPSA) is 58.4 Å². The smallest absolute Gasteiger partial charge is 0.269 e. The van der Waals surface area contributed by atoms with Crippen molar-refractivity contribution in [2.24, 2.45) is 5.41 Å². The van der Waals surface area contributed by atoms with Gasteiger partial charge in [-0.1, -0.05) is 11.6 Å². The Hall–Kier alpha value is -1.17. The van der Waals surface area contributed by atoms with Crippen LogP contribution in [0.15, 0.2) is 18.2 Å². The zero-order chi connectivity index (χ0) is 14.9. The molecule has 2 saturated heterocycles. The van der Waals surface area contributed by atoms with Gasteiger partial charge in [0.25, 0.3) is 5.69 Å². The second kappa shape index (κ2) is 5.91. The van der Waals surface area contributed by atoms with Gasteiger partial charge in [-0.15, -0.1) is 0 Å². The van der Waals surface area contributed by atoms with E-state index in [-0.39, 0.29) is 10.6 Å². The molecule has 114 valence electrons. The van der Waals surface area contributed by atoms with Gasteiger partial charge in [0.05, 0.1) is 4.92 Å². The molecule has 2 aliphatic rings.